The zero-order valence-electron chi connectivity index (χ0n) is 23.0. The molecular formula is C33H43N3O2. The van der Waals surface area contributed by atoms with Crippen LogP contribution in [0.25, 0.3) is 0 Å². The summed E-state index contributed by atoms with van der Waals surface area (Å²) in [5.41, 5.74) is 3.78. The SMILES string of the molecule is CCc1ccc(CN2CCC3(CCN(C[C@H]4CN(C(=O)CC5CC5)CC4c4ccccc4)CC3)C2=O)cc1. The number of piperidine rings is 1. The van der Waals surface area contributed by atoms with Gasteiger partial charge in [0.15, 0.2) is 0 Å². The molecule has 1 spiro atoms. The van der Waals surface area contributed by atoms with Gasteiger partial charge in [0.05, 0.1) is 5.41 Å². The number of carbonyl (C=O) groups excluding carboxylic acids is 2. The molecule has 6 rings (SSSR count). The van der Waals surface area contributed by atoms with E-state index >= 15 is 0 Å². The molecular weight excluding hydrogens is 470 g/mol. The maximum atomic E-state index is 13.6. The van der Waals surface area contributed by atoms with Gasteiger partial charge >= 0.3 is 0 Å². The molecule has 0 N–H and O–H groups in total. The Morgan fingerprint density at radius 3 is 2.26 bits per heavy atom. The number of aryl methyl sites for hydroxylation is 1. The number of rotatable bonds is 8. The second kappa shape index (κ2) is 10.8. The van der Waals surface area contributed by atoms with Gasteiger partial charge in [-0.05, 0) is 80.1 Å². The van der Waals surface area contributed by atoms with Gasteiger partial charge < -0.3 is 14.7 Å². The highest BCUT2D eigenvalue weighted by molar-refractivity contribution is 5.85. The van der Waals surface area contributed by atoms with Crippen LogP contribution in [0.15, 0.2) is 54.6 Å². The summed E-state index contributed by atoms with van der Waals surface area (Å²) >= 11 is 0. The van der Waals surface area contributed by atoms with Crippen molar-refractivity contribution in [2.75, 3.05) is 39.3 Å². The average molecular weight is 514 g/mol. The fraction of sp³-hybridized carbons (Fsp3) is 0.576. The van der Waals surface area contributed by atoms with Crippen molar-refractivity contribution in [3.63, 3.8) is 0 Å². The lowest BCUT2D eigenvalue weighted by Crippen LogP contribution is -2.46. The number of amides is 2. The molecule has 2 aromatic rings. The van der Waals surface area contributed by atoms with Gasteiger partial charge in [-0.3, -0.25) is 9.59 Å². The molecule has 38 heavy (non-hydrogen) atoms. The maximum Gasteiger partial charge on any atom is 0.229 e. The molecule has 4 fully saturated rings. The molecule has 1 aliphatic carbocycles. The van der Waals surface area contributed by atoms with Crippen LogP contribution in [0.5, 0.6) is 0 Å². The Bertz CT molecular complexity index is 1120. The summed E-state index contributed by atoms with van der Waals surface area (Å²) in [6, 6.07) is 19.6. The molecule has 2 atom stereocenters. The van der Waals surface area contributed by atoms with Crippen molar-refractivity contribution in [2.45, 2.75) is 64.3 Å². The van der Waals surface area contributed by atoms with E-state index < -0.39 is 0 Å². The zero-order chi connectivity index (χ0) is 26.1. The largest absolute Gasteiger partial charge is 0.342 e. The first-order valence-electron chi connectivity index (χ1n) is 15.0. The van der Waals surface area contributed by atoms with E-state index in [-0.39, 0.29) is 5.41 Å². The molecule has 0 aromatic heterocycles. The van der Waals surface area contributed by atoms with Gasteiger partial charge in [0.2, 0.25) is 11.8 Å². The van der Waals surface area contributed by atoms with E-state index in [1.807, 2.05) is 0 Å². The van der Waals surface area contributed by atoms with Crippen molar-refractivity contribution in [2.24, 2.45) is 17.3 Å². The van der Waals surface area contributed by atoms with Crippen LogP contribution in [0.1, 0.15) is 68.1 Å². The molecule has 5 nitrogen and oxygen atoms in total. The third kappa shape index (κ3) is 5.40. The van der Waals surface area contributed by atoms with Gasteiger partial charge in [-0.1, -0.05) is 61.5 Å². The Hall–Kier alpha value is -2.66. The molecule has 4 aliphatic rings. The van der Waals surface area contributed by atoms with Crippen molar-refractivity contribution in [1.29, 1.82) is 0 Å². The molecule has 3 saturated heterocycles. The van der Waals surface area contributed by atoms with Gasteiger partial charge in [-0.15, -0.1) is 0 Å². The maximum absolute atomic E-state index is 13.6. The summed E-state index contributed by atoms with van der Waals surface area (Å²) in [5, 5.41) is 0. The number of nitrogens with zero attached hydrogens (tertiary/aromatic N) is 3. The summed E-state index contributed by atoms with van der Waals surface area (Å²) in [5.74, 6) is 2.22. The molecule has 1 saturated carbocycles. The number of hydrogen-bond acceptors (Lipinski definition) is 3. The van der Waals surface area contributed by atoms with Gasteiger partial charge in [0.1, 0.15) is 0 Å². The molecule has 202 valence electrons. The summed E-state index contributed by atoms with van der Waals surface area (Å²) in [4.78, 5) is 33.4. The van der Waals surface area contributed by atoms with Crippen LogP contribution < -0.4 is 0 Å². The Balaban J connectivity index is 1.06. The minimum atomic E-state index is -0.166. The Morgan fingerprint density at radius 1 is 0.895 bits per heavy atom. The van der Waals surface area contributed by atoms with E-state index in [1.54, 1.807) is 0 Å². The average Bonchev–Trinajstić information content (AvgIpc) is 3.60. The molecule has 3 heterocycles. The van der Waals surface area contributed by atoms with Crippen molar-refractivity contribution in [3.05, 3.63) is 71.3 Å². The van der Waals surface area contributed by atoms with Gasteiger partial charge in [-0.2, -0.15) is 0 Å². The first-order chi connectivity index (χ1) is 18.5. The number of benzene rings is 2. The highest BCUT2D eigenvalue weighted by Crippen LogP contribution is 2.43. The molecule has 5 heteroatoms. The van der Waals surface area contributed by atoms with Crippen LogP contribution >= 0.6 is 0 Å². The van der Waals surface area contributed by atoms with Crippen LogP contribution in [-0.4, -0.2) is 65.8 Å². The summed E-state index contributed by atoms with van der Waals surface area (Å²) in [6.45, 7) is 8.50. The van der Waals surface area contributed by atoms with E-state index in [0.717, 1.165) is 77.9 Å². The van der Waals surface area contributed by atoms with Crippen LogP contribution in [0.4, 0.5) is 0 Å². The van der Waals surface area contributed by atoms with Crippen molar-refractivity contribution >= 4 is 11.8 Å². The number of carbonyl (C=O) groups is 2. The lowest BCUT2D eigenvalue weighted by atomic mass is 9.76. The minimum Gasteiger partial charge on any atom is -0.342 e. The predicted octanol–water partition coefficient (Wildman–Crippen LogP) is 5.11. The third-order valence-corrected chi connectivity index (χ3v) is 9.89. The minimum absolute atomic E-state index is 0.166. The first-order valence-corrected chi connectivity index (χ1v) is 15.0. The third-order valence-electron chi connectivity index (χ3n) is 9.89. The molecule has 2 amide bonds. The predicted molar refractivity (Wildman–Crippen MR) is 151 cm³/mol. The van der Waals surface area contributed by atoms with E-state index in [4.69, 9.17) is 0 Å². The smallest absolute Gasteiger partial charge is 0.229 e. The van der Waals surface area contributed by atoms with E-state index in [2.05, 4.69) is 76.2 Å². The summed E-state index contributed by atoms with van der Waals surface area (Å²) in [6.07, 6.45) is 7.15. The highest BCUT2D eigenvalue weighted by Gasteiger charge is 2.48. The molecule has 0 radical (unpaired) electrons. The molecule has 0 bridgehead atoms. The van der Waals surface area contributed by atoms with Crippen molar-refractivity contribution in [3.8, 4) is 0 Å². The lowest BCUT2D eigenvalue weighted by Gasteiger charge is -2.39. The van der Waals surface area contributed by atoms with Crippen LogP contribution in [0.2, 0.25) is 0 Å². The normalized spacial score (nSPS) is 25.4. The lowest BCUT2D eigenvalue weighted by molar-refractivity contribution is -0.139. The van der Waals surface area contributed by atoms with E-state index in [9.17, 15) is 9.59 Å². The fourth-order valence-electron chi connectivity index (χ4n) is 7.14. The second-order valence-corrected chi connectivity index (χ2v) is 12.5. The van der Waals surface area contributed by atoms with Gasteiger partial charge in [-0.25, -0.2) is 0 Å². The van der Waals surface area contributed by atoms with Crippen molar-refractivity contribution < 1.29 is 9.59 Å². The number of likely N-dealkylation sites (tertiary alicyclic amines) is 3. The quantitative estimate of drug-likeness (QED) is 0.493. The van der Waals surface area contributed by atoms with Gasteiger partial charge in [0, 0.05) is 45.1 Å². The Morgan fingerprint density at radius 2 is 1.58 bits per heavy atom. The van der Waals surface area contributed by atoms with Crippen molar-refractivity contribution in [1.82, 2.24) is 14.7 Å². The molecule has 3 aliphatic heterocycles. The highest BCUT2D eigenvalue weighted by atomic mass is 16.2. The fourth-order valence-corrected chi connectivity index (χ4v) is 7.14. The van der Waals surface area contributed by atoms with E-state index in [1.165, 1.54) is 29.5 Å². The standard InChI is InChI=1S/C33H43N3O2/c1-2-25-8-12-27(13-9-25)21-35-19-16-33(32(35)38)14-17-34(18-15-33)22-29-23-36(31(37)20-26-10-11-26)24-30(29)28-6-4-3-5-7-28/h3-9,12-13,26,29-30H,2,10-11,14-24H2,1H3/t29-,30?/m0/s1. The molecule has 2 aromatic carbocycles. The van der Waals surface area contributed by atoms with Gasteiger partial charge in [0.25, 0.3) is 0 Å². The topological polar surface area (TPSA) is 43.9 Å². The Kier molecular flexibility index (Phi) is 7.31. The summed E-state index contributed by atoms with van der Waals surface area (Å²) < 4.78 is 0. The van der Waals surface area contributed by atoms with E-state index in [0.29, 0.717) is 29.6 Å². The zero-order valence-corrected chi connectivity index (χ0v) is 23.0. The number of hydrogen-bond donors (Lipinski definition) is 0. The molecule has 1 unspecified atom stereocenters. The van der Waals surface area contributed by atoms with Crippen LogP contribution in [-0.2, 0) is 22.6 Å². The first kappa shape index (κ1) is 25.6. The van der Waals surface area contributed by atoms with Crippen LogP contribution in [0, 0.1) is 17.3 Å². The Labute approximate surface area is 228 Å². The monoisotopic (exact) mass is 513 g/mol. The second-order valence-electron chi connectivity index (χ2n) is 12.5. The summed E-state index contributed by atoms with van der Waals surface area (Å²) in [7, 11) is 0. The van der Waals surface area contributed by atoms with Crippen LogP contribution in [0.3, 0.4) is 0 Å².